The Labute approximate surface area is 118 Å². The summed E-state index contributed by atoms with van der Waals surface area (Å²) in [5.74, 6) is -1.31. The number of nitrogens with zero attached hydrogens (tertiary/aromatic N) is 1. The summed E-state index contributed by atoms with van der Waals surface area (Å²) in [7, 11) is -3.69. The molecular formula is C12H22N2O5S. The molecule has 0 saturated heterocycles. The van der Waals surface area contributed by atoms with Crippen molar-refractivity contribution in [2.45, 2.75) is 50.7 Å². The Balaban J connectivity index is 2.45. The summed E-state index contributed by atoms with van der Waals surface area (Å²) in [4.78, 5) is 10.5. The number of carboxylic acid groups (broad SMARTS) is 1. The topological polar surface area (TPSA) is 130 Å². The molecule has 20 heavy (non-hydrogen) atoms. The molecule has 1 unspecified atom stereocenters. The third-order valence-corrected chi connectivity index (χ3v) is 4.95. The lowest BCUT2D eigenvalue weighted by Gasteiger charge is -2.38. The van der Waals surface area contributed by atoms with Gasteiger partial charge in [0, 0.05) is 12.6 Å². The van der Waals surface area contributed by atoms with E-state index in [0.717, 1.165) is 25.5 Å². The van der Waals surface area contributed by atoms with Crippen LogP contribution in [0.5, 0.6) is 0 Å². The van der Waals surface area contributed by atoms with Gasteiger partial charge < -0.3 is 15.9 Å². The van der Waals surface area contributed by atoms with Crippen molar-refractivity contribution in [2.24, 2.45) is 16.0 Å². The van der Waals surface area contributed by atoms with Crippen LogP contribution in [0, 0.1) is 5.92 Å². The van der Waals surface area contributed by atoms with Crippen LogP contribution in [0.25, 0.3) is 0 Å². The molecule has 7 nitrogen and oxygen atoms in total. The predicted octanol–water partition coefficient (Wildman–Crippen LogP) is 0.130. The first kappa shape index (κ1) is 17.1. The van der Waals surface area contributed by atoms with Crippen molar-refractivity contribution >= 4 is 22.2 Å². The Morgan fingerprint density at radius 2 is 2.15 bits per heavy atom. The molecule has 0 aromatic rings. The highest BCUT2D eigenvalue weighted by atomic mass is 32.2. The van der Waals surface area contributed by atoms with Crippen LogP contribution in [-0.2, 0) is 14.8 Å². The number of aliphatic hydroxyl groups is 1. The first-order valence-electron chi connectivity index (χ1n) is 6.61. The highest BCUT2D eigenvalue weighted by Crippen LogP contribution is 2.38. The molecule has 0 aromatic carbocycles. The number of carboxylic acids is 1. The Hall–Kier alpha value is -0.990. The largest absolute Gasteiger partial charge is 0.480 e. The van der Waals surface area contributed by atoms with Crippen molar-refractivity contribution < 1.29 is 23.4 Å². The maximum atomic E-state index is 11.7. The molecule has 1 aliphatic carbocycles. The van der Waals surface area contributed by atoms with Gasteiger partial charge in [-0.2, -0.15) is 4.40 Å². The van der Waals surface area contributed by atoms with E-state index in [1.807, 2.05) is 0 Å². The van der Waals surface area contributed by atoms with Crippen molar-refractivity contribution in [1.82, 2.24) is 0 Å². The molecule has 0 amide bonds. The van der Waals surface area contributed by atoms with Gasteiger partial charge in [-0.3, -0.25) is 4.79 Å². The van der Waals surface area contributed by atoms with Gasteiger partial charge in [0.05, 0.1) is 11.4 Å². The molecule has 0 radical (unpaired) electrons. The van der Waals surface area contributed by atoms with E-state index in [-0.39, 0.29) is 24.5 Å². The van der Waals surface area contributed by atoms with Crippen molar-refractivity contribution in [3.63, 3.8) is 0 Å². The molecule has 1 fully saturated rings. The molecule has 2 atom stereocenters. The third-order valence-electron chi connectivity index (χ3n) is 3.76. The summed E-state index contributed by atoms with van der Waals surface area (Å²) in [5.41, 5.74) is 4.24. The average molecular weight is 306 g/mol. The first-order valence-corrected chi connectivity index (χ1v) is 8.22. The van der Waals surface area contributed by atoms with Gasteiger partial charge in [0.25, 0.3) is 10.0 Å². The van der Waals surface area contributed by atoms with E-state index in [0.29, 0.717) is 0 Å². The SMILES string of the molecule is CC(O)(CCS(=O)(=O)N=CC[C@H](N)C(=O)O)C1CCC1. The van der Waals surface area contributed by atoms with Crippen LogP contribution in [-0.4, -0.2) is 48.2 Å². The number of hydrogen-bond donors (Lipinski definition) is 3. The van der Waals surface area contributed by atoms with Crippen molar-refractivity contribution in [2.75, 3.05) is 5.75 Å². The van der Waals surface area contributed by atoms with Gasteiger partial charge in [-0.15, -0.1) is 0 Å². The summed E-state index contributed by atoms with van der Waals surface area (Å²) in [6.45, 7) is 1.65. The zero-order chi connectivity index (χ0) is 15.4. The van der Waals surface area contributed by atoms with Crippen LogP contribution in [0.2, 0.25) is 0 Å². The van der Waals surface area contributed by atoms with Crippen molar-refractivity contribution in [3.05, 3.63) is 0 Å². The van der Waals surface area contributed by atoms with Crippen LogP contribution < -0.4 is 5.73 Å². The first-order chi connectivity index (χ1) is 9.14. The fourth-order valence-electron chi connectivity index (χ4n) is 1.99. The van der Waals surface area contributed by atoms with Gasteiger partial charge in [-0.25, -0.2) is 8.42 Å². The zero-order valence-electron chi connectivity index (χ0n) is 11.5. The monoisotopic (exact) mass is 306 g/mol. The Morgan fingerprint density at radius 3 is 2.60 bits per heavy atom. The lowest BCUT2D eigenvalue weighted by Crippen LogP contribution is -2.40. The number of sulfonamides is 1. The molecule has 116 valence electrons. The summed E-state index contributed by atoms with van der Waals surface area (Å²) in [5, 5.41) is 18.7. The van der Waals surface area contributed by atoms with Crippen molar-refractivity contribution in [3.8, 4) is 0 Å². The van der Waals surface area contributed by atoms with Gasteiger partial charge >= 0.3 is 5.97 Å². The fraction of sp³-hybridized carbons (Fsp3) is 0.833. The summed E-state index contributed by atoms with van der Waals surface area (Å²) < 4.78 is 26.7. The molecule has 0 spiro atoms. The quantitative estimate of drug-likeness (QED) is 0.546. The summed E-state index contributed by atoms with van der Waals surface area (Å²) in [6.07, 6.45) is 3.90. The second-order valence-electron chi connectivity index (χ2n) is 5.49. The minimum Gasteiger partial charge on any atom is -0.480 e. The molecule has 8 heteroatoms. The highest BCUT2D eigenvalue weighted by Gasteiger charge is 2.36. The van der Waals surface area contributed by atoms with E-state index in [9.17, 15) is 18.3 Å². The van der Waals surface area contributed by atoms with Gasteiger partial charge in [0.1, 0.15) is 6.04 Å². The Kier molecular flexibility index (Phi) is 5.67. The van der Waals surface area contributed by atoms with Crippen LogP contribution >= 0.6 is 0 Å². The van der Waals surface area contributed by atoms with E-state index >= 15 is 0 Å². The maximum absolute atomic E-state index is 11.7. The van der Waals surface area contributed by atoms with E-state index < -0.39 is 27.6 Å². The lowest BCUT2D eigenvalue weighted by atomic mass is 9.73. The minimum absolute atomic E-state index is 0.127. The van der Waals surface area contributed by atoms with Crippen LogP contribution in [0.4, 0.5) is 0 Å². The predicted molar refractivity (Wildman–Crippen MR) is 75.1 cm³/mol. The van der Waals surface area contributed by atoms with E-state index in [4.69, 9.17) is 10.8 Å². The van der Waals surface area contributed by atoms with Crippen LogP contribution in [0.3, 0.4) is 0 Å². The number of hydrogen-bond acceptors (Lipinski definition) is 5. The molecule has 1 rings (SSSR count). The number of nitrogens with two attached hydrogens (primary N) is 1. The normalized spacial score (nSPS) is 21.4. The maximum Gasteiger partial charge on any atom is 0.320 e. The average Bonchev–Trinajstić information content (AvgIpc) is 2.23. The second-order valence-corrected chi connectivity index (χ2v) is 7.27. The van der Waals surface area contributed by atoms with Gasteiger partial charge in [0.15, 0.2) is 0 Å². The van der Waals surface area contributed by atoms with Crippen molar-refractivity contribution in [1.29, 1.82) is 0 Å². The third kappa shape index (κ3) is 5.18. The Morgan fingerprint density at radius 1 is 1.55 bits per heavy atom. The molecule has 0 aliphatic heterocycles. The number of carbonyl (C=O) groups is 1. The standard InChI is InChI=1S/C12H22N2O5S/c1-12(17,9-3-2-4-9)6-8-20(18,19)14-7-5-10(13)11(15)16/h7,9-10,17H,2-6,8,13H2,1H3,(H,15,16)/t10-,12?/m0/s1. The molecule has 1 saturated carbocycles. The minimum atomic E-state index is -3.69. The van der Waals surface area contributed by atoms with E-state index in [2.05, 4.69) is 4.40 Å². The Bertz CT molecular complexity index is 468. The summed E-state index contributed by atoms with van der Waals surface area (Å²) in [6, 6.07) is -1.16. The smallest absolute Gasteiger partial charge is 0.320 e. The zero-order valence-corrected chi connectivity index (χ0v) is 12.3. The molecule has 1 aliphatic rings. The van der Waals surface area contributed by atoms with Gasteiger partial charge in [-0.1, -0.05) is 6.42 Å². The van der Waals surface area contributed by atoms with E-state index in [1.165, 1.54) is 0 Å². The molecule has 0 heterocycles. The number of rotatable bonds is 8. The molecule has 0 aromatic heterocycles. The van der Waals surface area contributed by atoms with Crippen LogP contribution in [0.15, 0.2) is 4.40 Å². The second kappa shape index (κ2) is 6.64. The fourth-order valence-corrected chi connectivity index (χ4v) is 3.08. The van der Waals surface area contributed by atoms with Crippen LogP contribution in [0.1, 0.15) is 39.0 Å². The summed E-state index contributed by atoms with van der Waals surface area (Å²) >= 11 is 0. The number of aliphatic carboxylic acids is 1. The van der Waals surface area contributed by atoms with Gasteiger partial charge in [-0.05, 0) is 32.1 Å². The van der Waals surface area contributed by atoms with Gasteiger partial charge in [0.2, 0.25) is 0 Å². The molecule has 4 N–H and O–H groups in total. The molecule has 0 bridgehead atoms. The lowest BCUT2D eigenvalue weighted by molar-refractivity contribution is -0.138. The molecular weight excluding hydrogens is 284 g/mol. The highest BCUT2D eigenvalue weighted by molar-refractivity contribution is 7.90. The van der Waals surface area contributed by atoms with E-state index in [1.54, 1.807) is 6.92 Å².